The zero-order valence-corrected chi connectivity index (χ0v) is 20.1. The minimum Gasteiger partial charge on any atom is -0.493 e. The van der Waals surface area contributed by atoms with Crippen LogP contribution in [0.15, 0.2) is 72.3 Å². The molecule has 6 nitrogen and oxygen atoms in total. The Bertz CT molecular complexity index is 1310. The van der Waals surface area contributed by atoms with Crippen molar-refractivity contribution < 1.29 is 28.6 Å². The van der Waals surface area contributed by atoms with Crippen molar-refractivity contribution in [3.8, 4) is 17.2 Å². The molecule has 0 aliphatic heterocycles. The van der Waals surface area contributed by atoms with Crippen LogP contribution in [0.5, 0.6) is 17.2 Å². The molecule has 0 bridgehead atoms. The summed E-state index contributed by atoms with van der Waals surface area (Å²) in [7, 11) is 1.45. The van der Waals surface area contributed by atoms with E-state index in [0.717, 1.165) is 5.56 Å². The van der Waals surface area contributed by atoms with Gasteiger partial charge in [0.25, 0.3) is 0 Å². The number of carbonyl (C=O) groups is 3. The van der Waals surface area contributed by atoms with Crippen LogP contribution in [0.2, 0.25) is 0 Å². The van der Waals surface area contributed by atoms with Crippen LogP contribution in [-0.2, 0) is 10.2 Å². The highest BCUT2D eigenvalue weighted by molar-refractivity contribution is 6.41. The molecule has 0 spiro atoms. The molecule has 1 aliphatic carbocycles. The van der Waals surface area contributed by atoms with E-state index < -0.39 is 5.97 Å². The van der Waals surface area contributed by atoms with E-state index in [1.807, 2.05) is 24.3 Å². The summed E-state index contributed by atoms with van der Waals surface area (Å²) in [5.41, 5.74) is 2.30. The zero-order valence-electron chi connectivity index (χ0n) is 20.1. The average molecular weight is 471 g/mol. The fraction of sp³-hybridized carbons (Fsp3) is 0.207. The van der Waals surface area contributed by atoms with E-state index >= 15 is 0 Å². The summed E-state index contributed by atoms with van der Waals surface area (Å²) < 4.78 is 16.6. The molecule has 0 heterocycles. The summed E-state index contributed by atoms with van der Waals surface area (Å²) in [5.74, 6) is -0.0917. The Balaban J connectivity index is 1.48. The lowest BCUT2D eigenvalue weighted by atomic mass is 9.86. The molecule has 1 aliphatic rings. The lowest BCUT2D eigenvalue weighted by Crippen LogP contribution is -2.20. The number of ketones is 2. The predicted molar refractivity (Wildman–Crippen MR) is 132 cm³/mol. The summed E-state index contributed by atoms with van der Waals surface area (Å²) in [6.07, 6.45) is 1.52. The van der Waals surface area contributed by atoms with E-state index in [0.29, 0.717) is 28.2 Å². The number of benzene rings is 3. The zero-order chi connectivity index (χ0) is 25.2. The summed E-state index contributed by atoms with van der Waals surface area (Å²) in [5, 5.41) is 0. The molecule has 3 aromatic carbocycles. The first-order valence-corrected chi connectivity index (χ1v) is 11.2. The molecule has 0 aromatic heterocycles. The van der Waals surface area contributed by atoms with Gasteiger partial charge in [-0.3, -0.25) is 9.59 Å². The van der Waals surface area contributed by atoms with Gasteiger partial charge < -0.3 is 14.2 Å². The molecule has 4 rings (SSSR count). The van der Waals surface area contributed by atoms with Crippen LogP contribution in [0.4, 0.5) is 0 Å². The second kappa shape index (κ2) is 9.58. The Hall–Kier alpha value is -4.19. The van der Waals surface area contributed by atoms with Gasteiger partial charge in [0.05, 0.1) is 12.7 Å². The number of allylic oxidation sites excluding steroid dienone is 1. The molecule has 6 heteroatoms. The van der Waals surface area contributed by atoms with Gasteiger partial charge in [-0.25, -0.2) is 4.79 Å². The van der Waals surface area contributed by atoms with E-state index in [2.05, 4.69) is 20.8 Å². The fourth-order valence-electron chi connectivity index (χ4n) is 3.93. The van der Waals surface area contributed by atoms with Crippen LogP contribution >= 0.6 is 0 Å². The number of rotatable bonds is 6. The summed E-state index contributed by atoms with van der Waals surface area (Å²) in [4.78, 5) is 37.8. The first-order chi connectivity index (χ1) is 16.7. The molecule has 0 saturated carbocycles. The van der Waals surface area contributed by atoms with Gasteiger partial charge in [0.2, 0.25) is 0 Å². The van der Waals surface area contributed by atoms with Gasteiger partial charge in [0.15, 0.2) is 29.7 Å². The van der Waals surface area contributed by atoms with Crippen LogP contribution in [0.1, 0.15) is 52.6 Å². The maximum absolute atomic E-state index is 12.6. The van der Waals surface area contributed by atoms with Gasteiger partial charge in [-0.15, -0.1) is 0 Å². The standard InChI is InChI=1S/C29H26O6/c1-29(2,3)22-11-7-8-12-23(22)34-17-26(30)35-24-14-13-18(16-25(24)33-4)15-21-27(31)19-9-5-6-10-20(19)28(21)32/h5-16H,17H2,1-4H3. The SMILES string of the molecule is COc1cc(C=C2C(=O)c3ccccc3C2=O)ccc1OC(=O)COc1ccccc1C(C)(C)C. The van der Waals surface area contributed by atoms with E-state index in [9.17, 15) is 14.4 Å². The highest BCUT2D eigenvalue weighted by Gasteiger charge is 2.32. The average Bonchev–Trinajstić information content (AvgIpc) is 3.08. The number of hydrogen-bond donors (Lipinski definition) is 0. The maximum atomic E-state index is 12.6. The number of ether oxygens (including phenoxy) is 3. The van der Waals surface area contributed by atoms with Crippen LogP contribution in [0, 0.1) is 0 Å². The Morgan fingerprint density at radius 1 is 0.829 bits per heavy atom. The Morgan fingerprint density at radius 3 is 2.09 bits per heavy atom. The normalized spacial score (nSPS) is 12.9. The molecule has 35 heavy (non-hydrogen) atoms. The molecule has 0 atom stereocenters. The third-order valence-corrected chi connectivity index (χ3v) is 5.67. The van der Waals surface area contributed by atoms with Crippen molar-refractivity contribution in [1.82, 2.24) is 0 Å². The second-order valence-electron chi connectivity index (χ2n) is 9.18. The van der Waals surface area contributed by atoms with E-state index in [4.69, 9.17) is 14.2 Å². The Morgan fingerprint density at radius 2 is 1.46 bits per heavy atom. The third-order valence-electron chi connectivity index (χ3n) is 5.67. The van der Waals surface area contributed by atoms with Crippen LogP contribution in [0.3, 0.4) is 0 Å². The highest BCUT2D eigenvalue weighted by atomic mass is 16.6. The molecular weight excluding hydrogens is 444 g/mol. The monoisotopic (exact) mass is 470 g/mol. The topological polar surface area (TPSA) is 78.9 Å². The summed E-state index contributed by atoms with van der Waals surface area (Å²) in [6, 6.07) is 19.1. The van der Waals surface area contributed by atoms with Crippen molar-refractivity contribution in [3.05, 3.63) is 94.6 Å². The maximum Gasteiger partial charge on any atom is 0.349 e. The van der Waals surface area contributed by atoms with Crippen molar-refractivity contribution in [2.45, 2.75) is 26.2 Å². The second-order valence-corrected chi connectivity index (χ2v) is 9.18. The first kappa shape index (κ1) is 24.0. The van der Waals surface area contributed by atoms with Gasteiger partial charge in [-0.1, -0.05) is 69.3 Å². The largest absolute Gasteiger partial charge is 0.493 e. The van der Waals surface area contributed by atoms with Crippen molar-refractivity contribution in [2.75, 3.05) is 13.7 Å². The highest BCUT2D eigenvalue weighted by Crippen LogP contribution is 2.33. The van der Waals surface area contributed by atoms with Crippen LogP contribution in [-0.4, -0.2) is 31.3 Å². The van der Waals surface area contributed by atoms with E-state index in [1.54, 1.807) is 42.5 Å². The number of esters is 1. The van der Waals surface area contributed by atoms with Gasteiger partial charge in [0, 0.05) is 11.1 Å². The molecule has 0 unspecified atom stereocenters. The van der Waals surface area contributed by atoms with Gasteiger partial charge in [0.1, 0.15) is 5.75 Å². The van der Waals surface area contributed by atoms with Crippen molar-refractivity contribution in [2.24, 2.45) is 0 Å². The number of hydrogen-bond acceptors (Lipinski definition) is 6. The van der Waals surface area contributed by atoms with E-state index in [-0.39, 0.29) is 34.9 Å². The predicted octanol–water partition coefficient (Wildman–Crippen LogP) is 5.44. The van der Waals surface area contributed by atoms with Crippen LogP contribution in [0.25, 0.3) is 6.08 Å². The lowest BCUT2D eigenvalue weighted by Gasteiger charge is -2.22. The Labute approximate surface area is 204 Å². The number of fused-ring (bicyclic) bond motifs is 1. The smallest absolute Gasteiger partial charge is 0.349 e. The lowest BCUT2D eigenvalue weighted by molar-refractivity contribution is -0.136. The Kier molecular flexibility index (Phi) is 6.56. The first-order valence-electron chi connectivity index (χ1n) is 11.2. The number of Topliss-reactive ketones (excluding diaryl/α,β-unsaturated/α-hetero) is 2. The van der Waals surface area contributed by atoms with Crippen molar-refractivity contribution in [3.63, 3.8) is 0 Å². The molecule has 3 aromatic rings. The molecule has 0 radical (unpaired) electrons. The van der Waals surface area contributed by atoms with E-state index in [1.165, 1.54) is 13.2 Å². The molecule has 0 fully saturated rings. The number of methoxy groups -OCH3 is 1. The number of carbonyl (C=O) groups excluding carboxylic acids is 3. The quantitative estimate of drug-likeness (QED) is 0.207. The molecular formula is C29H26O6. The molecule has 0 amide bonds. The van der Waals surface area contributed by atoms with Gasteiger partial charge >= 0.3 is 5.97 Å². The van der Waals surface area contributed by atoms with Crippen molar-refractivity contribution >= 4 is 23.6 Å². The summed E-state index contributed by atoms with van der Waals surface area (Å²) >= 11 is 0. The molecule has 0 N–H and O–H groups in total. The van der Waals surface area contributed by atoms with Gasteiger partial charge in [-0.05, 0) is 40.8 Å². The minimum absolute atomic E-state index is 0.0870. The number of para-hydroxylation sites is 1. The van der Waals surface area contributed by atoms with Gasteiger partial charge in [-0.2, -0.15) is 0 Å². The fourth-order valence-corrected chi connectivity index (χ4v) is 3.93. The minimum atomic E-state index is -0.588. The van der Waals surface area contributed by atoms with Crippen molar-refractivity contribution in [1.29, 1.82) is 0 Å². The summed E-state index contributed by atoms with van der Waals surface area (Å²) in [6.45, 7) is 5.94. The molecule has 178 valence electrons. The van der Waals surface area contributed by atoms with Crippen LogP contribution < -0.4 is 14.2 Å². The third kappa shape index (κ3) is 5.01. The molecule has 0 saturated heterocycles.